The summed E-state index contributed by atoms with van der Waals surface area (Å²) in [5, 5.41) is 8.37. The third kappa shape index (κ3) is 2.23. The van der Waals surface area contributed by atoms with Crippen molar-refractivity contribution >= 4 is 15.9 Å². The van der Waals surface area contributed by atoms with Gasteiger partial charge in [-0.25, -0.2) is 0 Å². The molecular formula is C8H4BrF3N2. The fraction of sp³-hybridized carbons (Fsp3) is 0.250. The van der Waals surface area contributed by atoms with Crippen LogP contribution in [0.2, 0.25) is 0 Å². The first-order valence-corrected chi connectivity index (χ1v) is 4.33. The maximum atomic E-state index is 12.4. The molecule has 0 bridgehead atoms. The molecule has 1 aromatic heterocycles. The van der Waals surface area contributed by atoms with Gasteiger partial charge < -0.3 is 0 Å². The van der Waals surface area contributed by atoms with E-state index >= 15 is 0 Å². The van der Waals surface area contributed by atoms with Crippen LogP contribution in [0.25, 0.3) is 0 Å². The summed E-state index contributed by atoms with van der Waals surface area (Å²) >= 11 is 2.95. The summed E-state index contributed by atoms with van der Waals surface area (Å²) in [6.45, 7) is 0. The zero-order chi connectivity index (χ0) is 10.8. The molecule has 1 heterocycles. The summed E-state index contributed by atoms with van der Waals surface area (Å²) < 4.78 is 37.3. The number of alkyl halides is 3. The molecule has 0 unspecified atom stereocenters. The highest BCUT2D eigenvalue weighted by Crippen LogP contribution is 2.33. The first-order valence-electron chi connectivity index (χ1n) is 3.54. The maximum Gasteiger partial charge on any atom is 0.433 e. The fourth-order valence-corrected chi connectivity index (χ4v) is 1.41. The molecule has 0 aliphatic heterocycles. The van der Waals surface area contributed by atoms with Gasteiger partial charge >= 0.3 is 6.18 Å². The van der Waals surface area contributed by atoms with Crippen LogP contribution in [0.15, 0.2) is 16.7 Å². The zero-order valence-electron chi connectivity index (χ0n) is 6.77. The van der Waals surface area contributed by atoms with Crippen LogP contribution in [0.5, 0.6) is 0 Å². The fourth-order valence-electron chi connectivity index (χ4n) is 0.960. The van der Waals surface area contributed by atoms with Crippen molar-refractivity contribution in [3.63, 3.8) is 0 Å². The van der Waals surface area contributed by atoms with Gasteiger partial charge in [0.15, 0.2) is 0 Å². The molecule has 0 aliphatic carbocycles. The van der Waals surface area contributed by atoms with Gasteiger partial charge in [-0.3, -0.25) is 4.98 Å². The Morgan fingerprint density at radius 2 is 2.14 bits per heavy atom. The van der Waals surface area contributed by atoms with E-state index in [1.807, 2.05) is 0 Å². The topological polar surface area (TPSA) is 36.7 Å². The van der Waals surface area contributed by atoms with E-state index in [2.05, 4.69) is 20.9 Å². The lowest BCUT2D eigenvalue weighted by Crippen LogP contribution is -2.12. The largest absolute Gasteiger partial charge is 0.433 e. The highest BCUT2D eigenvalue weighted by Gasteiger charge is 2.35. The molecule has 0 saturated carbocycles. The van der Waals surface area contributed by atoms with Crippen LogP contribution < -0.4 is 0 Å². The smallest absolute Gasteiger partial charge is 0.251 e. The number of hydrogen-bond acceptors (Lipinski definition) is 2. The van der Waals surface area contributed by atoms with Crippen LogP contribution in [0.4, 0.5) is 13.2 Å². The second-order valence-corrected chi connectivity index (χ2v) is 3.31. The Labute approximate surface area is 86.5 Å². The lowest BCUT2D eigenvalue weighted by Gasteiger charge is -2.10. The van der Waals surface area contributed by atoms with Gasteiger partial charge in [-0.2, -0.15) is 18.4 Å². The highest BCUT2D eigenvalue weighted by molar-refractivity contribution is 9.10. The Hall–Kier alpha value is -1.09. The second-order valence-electron chi connectivity index (χ2n) is 2.45. The molecule has 0 radical (unpaired) electrons. The lowest BCUT2D eigenvalue weighted by molar-refractivity contribution is -0.141. The van der Waals surface area contributed by atoms with E-state index in [0.29, 0.717) is 0 Å². The van der Waals surface area contributed by atoms with Gasteiger partial charge in [0.1, 0.15) is 5.69 Å². The van der Waals surface area contributed by atoms with E-state index < -0.39 is 11.9 Å². The number of pyridine rings is 1. The van der Waals surface area contributed by atoms with Crippen molar-refractivity contribution in [2.45, 2.75) is 12.6 Å². The Morgan fingerprint density at radius 3 is 2.64 bits per heavy atom. The SMILES string of the molecule is N#CCc1c(Br)ccnc1C(F)(F)F. The van der Waals surface area contributed by atoms with Gasteiger partial charge in [0.05, 0.1) is 12.5 Å². The Kier molecular flexibility index (Phi) is 3.11. The number of nitrogens with zero attached hydrogens (tertiary/aromatic N) is 2. The molecular weight excluding hydrogens is 261 g/mol. The predicted molar refractivity (Wildman–Crippen MR) is 46.3 cm³/mol. The van der Waals surface area contributed by atoms with Crippen molar-refractivity contribution in [3.05, 3.63) is 28.0 Å². The molecule has 0 aromatic carbocycles. The molecule has 2 nitrogen and oxygen atoms in total. The van der Waals surface area contributed by atoms with Gasteiger partial charge in [-0.05, 0) is 6.07 Å². The highest BCUT2D eigenvalue weighted by atomic mass is 79.9. The van der Waals surface area contributed by atoms with E-state index in [9.17, 15) is 13.2 Å². The van der Waals surface area contributed by atoms with Gasteiger partial charge in [0, 0.05) is 16.2 Å². The maximum absolute atomic E-state index is 12.4. The minimum Gasteiger partial charge on any atom is -0.251 e. The van der Waals surface area contributed by atoms with Crippen molar-refractivity contribution in [3.8, 4) is 6.07 Å². The summed E-state index contributed by atoms with van der Waals surface area (Å²) in [4.78, 5) is 3.22. The van der Waals surface area contributed by atoms with E-state index in [1.165, 1.54) is 6.07 Å². The number of hydrogen-bond donors (Lipinski definition) is 0. The summed E-state index contributed by atoms with van der Waals surface area (Å²) in [5.41, 5.74) is -1.13. The predicted octanol–water partition coefficient (Wildman–Crippen LogP) is 2.93. The molecule has 0 saturated heterocycles. The van der Waals surface area contributed by atoms with Gasteiger partial charge in [-0.15, -0.1) is 0 Å². The van der Waals surface area contributed by atoms with Crippen molar-refractivity contribution in [1.82, 2.24) is 4.98 Å². The van der Waals surface area contributed by atoms with Crippen molar-refractivity contribution < 1.29 is 13.2 Å². The molecule has 0 amide bonds. The monoisotopic (exact) mass is 264 g/mol. The average Bonchev–Trinajstić information content (AvgIpc) is 2.07. The van der Waals surface area contributed by atoms with Crippen molar-refractivity contribution in [2.24, 2.45) is 0 Å². The summed E-state index contributed by atoms with van der Waals surface area (Å²) in [6.07, 6.45) is -3.78. The Bertz CT molecular complexity index is 381. The van der Waals surface area contributed by atoms with E-state index in [4.69, 9.17) is 5.26 Å². The number of nitriles is 1. The van der Waals surface area contributed by atoms with Crippen LogP contribution in [0.3, 0.4) is 0 Å². The van der Waals surface area contributed by atoms with Gasteiger partial charge in [0.25, 0.3) is 0 Å². The number of halogens is 4. The normalized spacial score (nSPS) is 11.1. The Morgan fingerprint density at radius 1 is 1.50 bits per heavy atom. The molecule has 1 rings (SSSR count). The molecule has 14 heavy (non-hydrogen) atoms. The van der Waals surface area contributed by atoms with Crippen molar-refractivity contribution in [1.29, 1.82) is 5.26 Å². The van der Waals surface area contributed by atoms with E-state index in [0.717, 1.165) is 6.20 Å². The molecule has 0 atom stereocenters. The van der Waals surface area contributed by atoms with Crippen LogP contribution >= 0.6 is 15.9 Å². The minimum atomic E-state index is -4.52. The molecule has 0 fully saturated rings. The standard InChI is InChI=1S/C8H4BrF3N2/c9-6-2-4-14-7(8(10,11)12)5(6)1-3-13/h2,4H,1H2. The Balaban J connectivity index is 3.30. The molecule has 0 N–H and O–H groups in total. The third-order valence-electron chi connectivity index (χ3n) is 1.52. The van der Waals surface area contributed by atoms with Crippen LogP contribution in [0, 0.1) is 11.3 Å². The van der Waals surface area contributed by atoms with Crippen LogP contribution in [0.1, 0.15) is 11.3 Å². The van der Waals surface area contributed by atoms with Crippen LogP contribution in [-0.4, -0.2) is 4.98 Å². The molecule has 6 heteroatoms. The van der Waals surface area contributed by atoms with E-state index in [1.54, 1.807) is 6.07 Å². The van der Waals surface area contributed by atoms with E-state index in [-0.39, 0.29) is 16.5 Å². The number of aromatic nitrogens is 1. The average molecular weight is 265 g/mol. The third-order valence-corrected chi connectivity index (χ3v) is 2.27. The zero-order valence-corrected chi connectivity index (χ0v) is 8.35. The summed E-state index contributed by atoms with van der Waals surface area (Å²) in [6, 6.07) is 3.04. The molecule has 0 aliphatic rings. The first kappa shape index (κ1) is 11.0. The van der Waals surface area contributed by atoms with Crippen LogP contribution in [-0.2, 0) is 12.6 Å². The van der Waals surface area contributed by atoms with Gasteiger partial charge in [-0.1, -0.05) is 15.9 Å². The quantitative estimate of drug-likeness (QED) is 0.782. The van der Waals surface area contributed by atoms with Crippen molar-refractivity contribution in [2.75, 3.05) is 0 Å². The molecule has 1 aromatic rings. The van der Waals surface area contributed by atoms with Gasteiger partial charge in [0.2, 0.25) is 0 Å². The molecule has 74 valence electrons. The second kappa shape index (κ2) is 3.96. The lowest BCUT2D eigenvalue weighted by atomic mass is 10.1. The first-order chi connectivity index (χ1) is 6.46. The summed E-state index contributed by atoms with van der Waals surface area (Å²) in [5.74, 6) is 0. The minimum absolute atomic E-state index is 0.123. The number of rotatable bonds is 1. The molecule has 0 spiro atoms. The summed E-state index contributed by atoms with van der Waals surface area (Å²) in [7, 11) is 0.